The maximum atomic E-state index is 13.2. The van der Waals surface area contributed by atoms with Gasteiger partial charge in [0.1, 0.15) is 86.7 Å². The standard InChI is InChI=1S/C29H24Cl2F2N2O7.C18H17Cl2F2NO3.C12H11NO5.2C11H9NO5.C8H4O4.C3H7NO2.ClH.2H2O/c1-39-22-4-2-3-17-26(22)28(38)35(27(17)37)13-25(36)41-23(10-18-19(30)11-34-12-20(18)31)16-7-8-21(42-29(32)33)24(9-16)40-14-15-5-6-15;19-13-7-23-8-14(20)12(13)6-15(24)11-3-4-16(26-18(21)22)17(5-11)25-9-10-1-2-10;1-17-8-5-3-4-7-10(8)12(16)13(11(7)15)6-9(14)18-2;1-17-7-4-2-3-6-9(7)11(16)12(10(6)15)5-8(13)14;1-17-8(14)5-12-10(15)6-3-2-4-7(13)9(6)11(12)16;9-5-3-1-2-4-6(5)8(11)12-7(4)10;1-6-3(5)2-4;;;/h2-4,7-9,11-12,15,23,29H,5-6,10,13-14H2,1H3;3-5,7-8,10,15,18,24H,1-2,6,9H2;3-5H,6H2,1-2H3;2-4H,5H2,1H3,(H,13,14);2-4,13H,5H2,1H3;1-3,9H;2,4H2,1H3;1H;2*1H2/t23-;15-;;;;;;;;/m00......../s1. The molecule has 9 aromatic rings. The van der Waals surface area contributed by atoms with Crippen molar-refractivity contribution in [3.63, 3.8) is 0 Å². The average Bonchev–Trinajstić information content (AvgIpc) is 1.63. The van der Waals surface area contributed by atoms with Gasteiger partial charge in [-0.15, -0.1) is 12.4 Å². The van der Waals surface area contributed by atoms with Crippen LogP contribution in [0.2, 0.25) is 20.1 Å². The molecule has 2 aliphatic carbocycles. The van der Waals surface area contributed by atoms with Crippen molar-refractivity contribution < 1.29 is 188 Å². The van der Waals surface area contributed by atoms with E-state index in [1.807, 2.05) is 0 Å². The summed E-state index contributed by atoms with van der Waals surface area (Å²) in [6.45, 7) is -7.50. The number of pyridine rings is 2. The number of cyclic esters (lactones) is 2. The van der Waals surface area contributed by atoms with Gasteiger partial charge in [0.15, 0.2) is 47.8 Å². The van der Waals surface area contributed by atoms with Crippen LogP contribution in [0.1, 0.15) is 164 Å². The molecule has 0 unspecified atom stereocenters. The van der Waals surface area contributed by atoms with E-state index in [0.29, 0.717) is 68.0 Å². The number of H-pyrrole nitrogens is 2. The number of phenols is 2. The first-order valence-corrected chi connectivity index (χ1v) is 42.3. The number of fused-ring (bicyclic) bond motifs is 5. The minimum absolute atomic E-state index is 0. The highest BCUT2D eigenvalue weighted by molar-refractivity contribution is 6.36. The number of halogens is 9. The Morgan fingerprint density at radius 3 is 1.11 bits per heavy atom. The van der Waals surface area contributed by atoms with Crippen molar-refractivity contribution in [1.82, 2.24) is 19.6 Å². The van der Waals surface area contributed by atoms with Gasteiger partial charge in [-0.3, -0.25) is 81.9 Å². The Balaban J connectivity index is 0.000000237. The zero-order valence-electron chi connectivity index (χ0n) is 74.6. The van der Waals surface area contributed by atoms with Gasteiger partial charge in [0, 0.05) is 24.0 Å². The maximum absolute atomic E-state index is 13.2. The van der Waals surface area contributed by atoms with Crippen molar-refractivity contribution in [1.29, 1.82) is 0 Å². The van der Waals surface area contributed by atoms with Crippen LogP contribution in [0, 0.1) is 11.8 Å². The summed E-state index contributed by atoms with van der Waals surface area (Å²) in [6.07, 6.45) is 8.35. The van der Waals surface area contributed by atoms with E-state index < -0.39 is 135 Å². The van der Waals surface area contributed by atoms with Gasteiger partial charge in [0.2, 0.25) is 0 Å². The first-order valence-electron chi connectivity index (χ1n) is 40.8. The quantitative estimate of drug-likeness (QED) is 0.00955. The second kappa shape index (κ2) is 51.7. The molecule has 49 heteroatoms. The number of imide groups is 4. The number of benzene rings is 7. The monoisotopic (exact) mass is 2070 g/mol. The van der Waals surface area contributed by atoms with Crippen LogP contribution in [0.4, 0.5) is 17.6 Å². The van der Waals surface area contributed by atoms with Gasteiger partial charge in [0.25, 0.3) is 47.3 Å². The zero-order valence-corrected chi connectivity index (χ0v) is 78.4. The molecule has 0 radical (unpaired) electrons. The molecular formula is C92H86Cl5F4N7O33. The number of carboxylic acids is 1. The van der Waals surface area contributed by atoms with Crippen molar-refractivity contribution in [3.05, 3.63) is 250 Å². The van der Waals surface area contributed by atoms with E-state index in [2.05, 4.69) is 38.4 Å². The first-order chi connectivity index (χ1) is 65.8. The fraction of sp³-hybridized carbons (Fsp3) is 0.272. The minimum atomic E-state index is -3.08. The second-order valence-corrected chi connectivity index (χ2v) is 31.3. The van der Waals surface area contributed by atoms with Gasteiger partial charge in [-0.1, -0.05) is 88.9 Å². The van der Waals surface area contributed by atoms with Gasteiger partial charge in [0.05, 0.1) is 119 Å². The summed E-state index contributed by atoms with van der Waals surface area (Å²) in [6, 6.07) is 30.9. The Labute approximate surface area is 822 Å². The number of phenolic OH excluding ortho intramolecular Hbond substituents is 2. The molecule has 40 nitrogen and oxygen atoms in total. The van der Waals surface area contributed by atoms with E-state index in [1.54, 1.807) is 42.7 Å². The van der Waals surface area contributed by atoms with E-state index in [0.717, 1.165) is 47.5 Å². The molecule has 5 aliphatic heterocycles. The van der Waals surface area contributed by atoms with E-state index in [4.69, 9.17) is 90.8 Å². The van der Waals surface area contributed by atoms with Crippen molar-refractivity contribution in [2.75, 3.05) is 88.6 Å². The first kappa shape index (κ1) is 113. The number of aromatic nitrogens is 2. The lowest BCUT2D eigenvalue weighted by atomic mass is 10.0. The third kappa shape index (κ3) is 28.2. The summed E-state index contributed by atoms with van der Waals surface area (Å²) in [7, 11) is 7.82. The Morgan fingerprint density at radius 2 is 0.766 bits per heavy atom. The van der Waals surface area contributed by atoms with E-state index in [1.165, 1.54) is 145 Å². The van der Waals surface area contributed by atoms with Crippen LogP contribution in [0.15, 0.2) is 152 Å². The van der Waals surface area contributed by atoms with Gasteiger partial charge in [-0.25, -0.2) is 19.6 Å². The maximum Gasteiger partial charge on any atom is 0.387 e. The number of methoxy groups -OCH3 is 6. The van der Waals surface area contributed by atoms with Crippen molar-refractivity contribution in [2.45, 2.75) is 64.0 Å². The molecule has 7 aromatic carbocycles. The lowest BCUT2D eigenvalue weighted by molar-refractivity contribution is -0.378. The number of nitrogens with zero attached hydrogens (tertiary/aromatic N) is 4. The fourth-order valence-electron chi connectivity index (χ4n) is 13.5. The Morgan fingerprint density at radius 1 is 0.426 bits per heavy atom. The fourth-order valence-corrected chi connectivity index (χ4v) is 14.5. The number of esters is 6. The number of amides is 8. The van der Waals surface area contributed by atoms with Crippen molar-refractivity contribution in [3.8, 4) is 51.7 Å². The van der Waals surface area contributed by atoms with Crippen LogP contribution >= 0.6 is 58.8 Å². The van der Waals surface area contributed by atoms with E-state index in [9.17, 15) is 99.7 Å². The van der Waals surface area contributed by atoms with Crippen LogP contribution in [0.3, 0.4) is 0 Å². The molecular weight excluding hydrogens is 1980 g/mol. The van der Waals surface area contributed by atoms with Crippen LogP contribution in [0.25, 0.3) is 0 Å². The number of aliphatic hydroxyl groups is 1. The minimum Gasteiger partial charge on any atom is -0.870 e. The molecule has 16 rings (SSSR count). The van der Waals surface area contributed by atoms with Crippen molar-refractivity contribution in [2.24, 2.45) is 17.6 Å². The number of nitrogens with two attached hydrogens (primary N) is 1. The summed E-state index contributed by atoms with van der Waals surface area (Å²) in [4.78, 5) is 184. The smallest absolute Gasteiger partial charge is 0.387 e. The highest BCUT2D eigenvalue weighted by atomic mass is 35.5. The third-order valence-corrected chi connectivity index (χ3v) is 22.0. The molecule has 141 heavy (non-hydrogen) atoms. The zero-order chi connectivity index (χ0) is 101. The summed E-state index contributed by atoms with van der Waals surface area (Å²) in [5.41, 5.74) is 7.70. The normalized spacial score (nSPS) is 13.9. The Kier molecular flexibility index (Phi) is 41.4. The number of hydrogen-bond acceptors (Lipinski definition) is 33. The molecule has 0 spiro atoms. The van der Waals surface area contributed by atoms with Gasteiger partial charge in [-0.2, -0.15) is 17.6 Å². The van der Waals surface area contributed by atoms with Crippen LogP contribution < -0.4 is 48.9 Å². The third-order valence-electron chi connectivity index (χ3n) is 20.7. The molecule has 7 heterocycles. The topological polar surface area (TPSA) is 575 Å². The molecule has 750 valence electrons. The summed E-state index contributed by atoms with van der Waals surface area (Å²) in [5.74, 6) is -9.24. The molecule has 2 fully saturated rings. The molecule has 2 aromatic heterocycles. The summed E-state index contributed by atoms with van der Waals surface area (Å²) >= 11 is 25.0. The lowest BCUT2D eigenvalue weighted by Crippen LogP contribution is -2.36. The molecule has 7 aliphatic rings. The van der Waals surface area contributed by atoms with Crippen LogP contribution in [-0.4, -0.2) is 242 Å². The lowest BCUT2D eigenvalue weighted by Gasteiger charge is -2.22. The van der Waals surface area contributed by atoms with Crippen LogP contribution in [0.5, 0.6) is 51.7 Å². The number of nitrogens with one attached hydrogen (secondary N) is 2. The number of ether oxygens (including phenoxy) is 12. The number of carbonyl (C=O) groups excluding carboxylic acids is 14. The average molecular weight is 2070 g/mol. The van der Waals surface area contributed by atoms with Crippen LogP contribution in [-0.2, 0) is 60.5 Å². The predicted octanol–water partition coefficient (Wildman–Crippen LogP) is 10.7. The molecule has 2 atom stereocenters. The number of aromatic amines is 2. The predicted molar refractivity (Wildman–Crippen MR) is 480 cm³/mol. The van der Waals surface area contributed by atoms with E-state index >= 15 is 0 Å². The second-order valence-electron chi connectivity index (χ2n) is 29.7. The highest BCUT2D eigenvalue weighted by Gasteiger charge is 2.44. The molecule has 0 saturated heterocycles. The number of aliphatic hydroxyl groups excluding tert-OH is 1. The summed E-state index contributed by atoms with van der Waals surface area (Å²) in [5, 5.41) is 39.2. The number of aliphatic carboxylic acids is 1. The molecule has 0 bridgehead atoms. The molecule has 2 saturated carbocycles. The van der Waals surface area contributed by atoms with Gasteiger partial charge >= 0.3 is 55.0 Å². The van der Waals surface area contributed by atoms with Gasteiger partial charge in [-0.05, 0) is 134 Å². The number of aromatic hydroxyl groups is 2. The highest BCUT2D eigenvalue weighted by Crippen LogP contribution is 2.42. The number of rotatable bonds is 29. The SMILES string of the molecule is COC(=O)CN.COC(=O)CN1C(=O)c2cccc(O)c2C1=O.COC(=O)CN1C(=O)c2cccc(OC)c2C1=O.COc1cccc2c1C(=O)N(CC(=O)O)C2=O.COc1cccc2c1C(=O)N(CC(=O)O[C@@H](Cc1c(Cl)c[nH+]cc1Cl)c1ccc(OC(F)F)c(OCC3CC3)c1)C2=O.Cl.O=C1OC(=O)c2c(O)cccc21.O[C@@H](Cc1c(Cl)c[nH+]cc1Cl)c1ccc(OC(F)F)c(OCC2CC2)c1.[OH-].[OH-]. The molecule has 8 amide bonds. The van der Waals surface area contributed by atoms with E-state index in [-0.39, 0.29) is 160 Å². The van der Waals surface area contributed by atoms with Gasteiger partial charge < -0.3 is 94.0 Å². The number of carboxylic acid groups (broad SMARTS) is 1. The summed E-state index contributed by atoms with van der Waals surface area (Å²) < 4.78 is 110. The number of alkyl halides is 4. The van der Waals surface area contributed by atoms with Crippen molar-refractivity contribution >= 4 is 148 Å². The molecule has 10 N–H and O–H groups in total. The number of hydrogen-bond donors (Lipinski definition) is 5. The number of carbonyl (C=O) groups is 15. The Hall–Kier alpha value is -14.9. The Bertz CT molecular complexity index is 6190. The largest absolute Gasteiger partial charge is 0.870 e.